The van der Waals surface area contributed by atoms with Crippen molar-refractivity contribution >= 4 is 5.69 Å². The smallest absolute Gasteiger partial charge is 0.223 e. The third kappa shape index (κ3) is 2.84. The van der Waals surface area contributed by atoms with Gasteiger partial charge in [-0.2, -0.15) is 4.98 Å². The molecule has 1 aromatic heterocycles. The molecule has 0 aliphatic rings. The first kappa shape index (κ1) is 11.6. The summed E-state index contributed by atoms with van der Waals surface area (Å²) < 4.78 is 4.93. The zero-order chi connectivity index (χ0) is 12.3. The van der Waals surface area contributed by atoms with Crippen molar-refractivity contribution in [3.63, 3.8) is 0 Å². The van der Waals surface area contributed by atoms with Gasteiger partial charge in [-0.25, -0.2) is 0 Å². The van der Waals surface area contributed by atoms with Crippen molar-refractivity contribution in [3.05, 3.63) is 41.5 Å². The molecular weight excluding hydrogens is 214 g/mol. The third-order valence-corrected chi connectivity index (χ3v) is 2.59. The lowest BCUT2D eigenvalue weighted by Gasteiger charge is -2.13. The summed E-state index contributed by atoms with van der Waals surface area (Å²) in [5.74, 6) is 1.77. The van der Waals surface area contributed by atoms with Gasteiger partial charge in [0.1, 0.15) is 0 Å². The number of anilines is 1. The van der Waals surface area contributed by atoms with Gasteiger partial charge in [-0.15, -0.1) is 0 Å². The number of aryl methyl sites for hydroxylation is 1. The largest absolute Gasteiger partial charge is 0.377 e. The summed E-state index contributed by atoms with van der Waals surface area (Å²) in [5, 5.41) is 7.20. The lowest BCUT2D eigenvalue weighted by molar-refractivity contribution is 0.388. The molecule has 1 heterocycles. The van der Waals surface area contributed by atoms with Crippen LogP contribution in [0.15, 0.2) is 28.8 Å². The molecular formula is C13H17N3O. The molecule has 0 aliphatic carbocycles. The quantitative estimate of drug-likeness (QED) is 0.878. The number of benzene rings is 1. The van der Waals surface area contributed by atoms with Crippen LogP contribution in [0, 0.1) is 6.92 Å². The topological polar surface area (TPSA) is 51.0 Å². The highest BCUT2D eigenvalue weighted by Crippen LogP contribution is 2.23. The maximum absolute atomic E-state index is 4.93. The van der Waals surface area contributed by atoms with Gasteiger partial charge in [0, 0.05) is 12.6 Å². The zero-order valence-corrected chi connectivity index (χ0v) is 10.4. The molecule has 0 unspecified atom stereocenters. The number of aromatic nitrogens is 2. The van der Waals surface area contributed by atoms with E-state index in [4.69, 9.17) is 4.52 Å². The minimum absolute atomic E-state index is 0.491. The molecule has 17 heavy (non-hydrogen) atoms. The summed E-state index contributed by atoms with van der Waals surface area (Å²) in [4.78, 5) is 4.16. The van der Waals surface area contributed by atoms with Gasteiger partial charge in [-0.1, -0.05) is 37.2 Å². The van der Waals surface area contributed by atoms with E-state index in [0.29, 0.717) is 24.2 Å². The van der Waals surface area contributed by atoms with E-state index in [0.717, 1.165) is 5.69 Å². The summed E-state index contributed by atoms with van der Waals surface area (Å²) in [6.07, 6.45) is 0. The summed E-state index contributed by atoms with van der Waals surface area (Å²) in [7, 11) is 0. The van der Waals surface area contributed by atoms with E-state index in [9.17, 15) is 0 Å². The molecule has 0 atom stereocenters. The number of hydrogen-bond acceptors (Lipinski definition) is 4. The average molecular weight is 231 g/mol. The Labute approximate surface area is 101 Å². The standard InChI is InChI=1S/C13H17N3O/c1-9(2)11-6-4-5-7-12(11)14-8-13-15-10(3)17-16-13/h4-7,9,14H,8H2,1-3H3. The fraction of sp³-hybridized carbons (Fsp3) is 0.385. The first-order chi connectivity index (χ1) is 8.16. The Hall–Kier alpha value is -1.84. The van der Waals surface area contributed by atoms with Crippen molar-refractivity contribution in [1.29, 1.82) is 0 Å². The molecule has 1 N–H and O–H groups in total. The van der Waals surface area contributed by atoms with Crippen LogP contribution in [0.5, 0.6) is 0 Å². The van der Waals surface area contributed by atoms with Crippen LogP contribution in [0.1, 0.15) is 37.0 Å². The monoisotopic (exact) mass is 231 g/mol. The molecule has 0 amide bonds. The minimum Gasteiger partial charge on any atom is -0.377 e. The van der Waals surface area contributed by atoms with Crippen LogP contribution in [-0.4, -0.2) is 10.1 Å². The number of rotatable bonds is 4. The Morgan fingerprint density at radius 3 is 2.71 bits per heavy atom. The van der Waals surface area contributed by atoms with E-state index < -0.39 is 0 Å². The van der Waals surface area contributed by atoms with Crippen molar-refractivity contribution in [3.8, 4) is 0 Å². The molecule has 0 saturated heterocycles. The van der Waals surface area contributed by atoms with E-state index in [1.807, 2.05) is 6.07 Å². The van der Waals surface area contributed by atoms with Crippen LogP contribution in [-0.2, 0) is 6.54 Å². The molecule has 0 aliphatic heterocycles. The lowest BCUT2D eigenvalue weighted by Crippen LogP contribution is -2.04. The molecule has 2 aromatic rings. The van der Waals surface area contributed by atoms with Gasteiger partial charge in [0.05, 0.1) is 6.54 Å². The fourth-order valence-corrected chi connectivity index (χ4v) is 1.75. The molecule has 0 fully saturated rings. The first-order valence-corrected chi connectivity index (χ1v) is 5.79. The fourth-order valence-electron chi connectivity index (χ4n) is 1.75. The van der Waals surface area contributed by atoms with Crippen molar-refractivity contribution in [2.45, 2.75) is 33.2 Å². The second-order valence-corrected chi connectivity index (χ2v) is 4.33. The SMILES string of the molecule is Cc1nc(CNc2ccccc2C(C)C)no1. The van der Waals surface area contributed by atoms with E-state index in [1.54, 1.807) is 6.92 Å². The maximum atomic E-state index is 4.93. The van der Waals surface area contributed by atoms with E-state index >= 15 is 0 Å². The second-order valence-electron chi connectivity index (χ2n) is 4.33. The van der Waals surface area contributed by atoms with Gasteiger partial charge in [0.25, 0.3) is 0 Å². The van der Waals surface area contributed by atoms with E-state index in [2.05, 4.69) is 47.5 Å². The molecule has 90 valence electrons. The Kier molecular flexibility index (Phi) is 3.42. The maximum Gasteiger partial charge on any atom is 0.223 e. The van der Waals surface area contributed by atoms with Crippen LogP contribution in [0.4, 0.5) is 5.69 Å². The summed E-state index contributed by atoms with van der Waals surface area (Å²) in [6, 6.07) is 8.28. The Bertz CT molecular complexity index is 491. The average Bonchev–Trinajstić information content (AvgIpc) is 2.73. The number of nitrogens with one attached hydrogen (secondary N) is 1. The molecule has 0 bridgehead atoms. The summed E-state index contributed by atoms with van der Waals surface area (Å²) in [5.41, 5.74) is 2.43. The number of para-hydroxylation sites is 1. The zero-order valence-electron chi connectivity index (χ0n) is 10.4. The van der Waals surface area contributed by atoms with E-state index in [1.165, 1.54) is 5.56 Å². The predicted octanol–water partition coefficient (Wildman–Crippen LogP) is 3.11. The molecule has 4 nitrogen and oxygen atoms in total. The van der Waals surface area contributed by atoms with Crippen molar-refractivity contribution in [2.75, 3.05) is 5.32 Å². The van der Waals surface area contributed by atoms with Crippen molar-refractivity contribution in [2.24, 2.45) is 0 Å². The van der Waals surface area contributed by atoms with Gasteiger partial charge in [0.2, 0.25) is 5.89 Å². The molecule has 0 saturated carbocycles. The van der Waals surface area contributed by atoms with Crippen LogP contribution in [0.3, 0.4) is 0 Å². The van der Waals surface area contributed by atoms with Crippen LogP contribution in [0.25, 0.3) is 0 Å². The Balaban J connectivity index is 2.08. The number of hydrogen-bond donors (Lipinski definition) is 1. The summed E-state index contributed by atoms with van der Waals surface area (Å²) >= 11 is 0. The Morgan fingerprint density at radius 1 is 1.29 bits per heavy atom. The highest BCUT2D eigenvalue weighted by atomic mass is 16.5. The van der Waals surface area contributed by atoms with Crippen molar-refractivity contribution in [1.82, 2.24) is 10.1 Å². The predicted molar refractivity (Wildman–Crippen MR) is 66.9 cm³/mol. The van der Waals surface area contributed by atoms with Gasteiger partial charge < -0.3 is 9.84 Å². The van der Waals surface area contributed by atoms with Gasteiger partial charge >= 0.3 is 0 Å². The van der Waals surface area contributed by atoms with Gasteiger partial charge in [-0.3, -0.25) is 0 Å². The van der Waals surface area contributed by atoms with E-state index in [-0.39, 0.29) is 0 Å². The normalized spacial score (nSPS) is 10.8. The Morgan fingerprint density at radius 2 is 2.06 bits per heavy atom. The molecule has 0 spiro atoms. The first-order valence-electron chi connectivity index (χ1n) is 5.79. The molecule has 4 heteroatoms. The van der Waals surface area contributed by atoms with Gasteiger partial charge in [0.15, 0.2) is 5.82 Å². The van der Waals surface area contributed by atoms with Crippen LogP contribution in [0.2, 0.25) is 0 Å². The molecule has 2 rings (SSSR count). The van der Waals surface area contributed by atoms with Crippen molar-refractivity contribution < 1.29 is 4.52 Å². The lowest BCUT2D eigenvalue weighted by atomic mass is 10.0. The summed E-state index contributed by atoms with van der Waals surface area (Å²) in [6.45, 7) is 6.73. The van der Waals surface area contributed by atoms with Crippen LogP contribution >= 0.6 is 0 Å². The minimum atomic E-state index is 0.491. The molecule has 0 radical (unpaired) electrons. The highest BCUT2D eigenvalue weighted by Gasteiger charge is 2.07. The van der Waals surface area contributed by atoms with Crippen LogP contribution < -0.4 is 5.32 Å². The third-order valence-electron chi connectivity index (χ3n) is 2.59. The second kappa shape index (κ2) is 4.99. The van der Waals surface area contributed by atoms with Gasteiger partial charge in [-0.05, 0) is 17.5 Å². The highest BCUT2D eigenvalue weighted by molar-refractivity contribution is 5.52. The number of nitrogens with zero attached hydrogens (tertiary/aromatic N) is 2. The molecule has 1 aromatic carbocycles.